The van der Waals surface area contributed by atoms with Crippen molar-refractivity contribution >= 4 is 5.91 Å². The van der Waals surface area contributed by atoms with E-state index in [0.29, 0.717) is 12.3 Å². The van der Waals surface area contributed by atoms with E-state index in [-0.39, 0.29) is 11.9 Å². The summed E-state index contributed by atoms with van der Waals surface area (Å²) >= 11 is 0. The van der Waals surface area contributed by atoms with Gasteiger partial charge in [0.15, 0.2) is 0 Å². The van der Waals surface area contributed by atoms with E-state index in [9.17, 15) is 4.79 Å². The van der Waals surface area contributed by atoms with E-state index in [0.717, 1.165) is 32.0 Å². The van der Waals surface area contributed by atoms with Gasteiger partial charge in [-0.2, -0.15) is 5.10 Å². The molecule has 2 heterocycles. The highest BCUT2D eigenvalue weighted by molar-refractivity contribution is 5.76. The first kappa shape index (κ1) is 12.6. The van der Waals surface area contributed by atoms with E-state index in [1.807, 2.05) is 4.90 Å². The fourth-order valence-electron chi connectivity index (χ4n) is 2.98. The molecule has 1 saturated heterocycles. The minimum absolute atomic E-state index is 0.187. The van der Waals surface area contributed by atoms with Crippen molar-refractivity contribution in [1.29, 1.82) is 0 Å². The van der Waals surface area contributed by atoms with E-state index in [1.165, 1.54) is 19.2 Å². The zero-order chi connectivity index (χ0) is 13.2. The second-order valence-corrected chi connectivity index (χ2v) is 5.73. The third-order valence-corrected chi connectivity index (χ3v) is 4.24. The van der Waals surface area contributed by atoms with Gasteiger partial charge in [0.1, 0.15) is 12.7 Å². The Hall–Kier alpha value is -1.43. The highest BCUT2D eigenvalue weighted by atomic mass is 16.2. The number of carbonyl (C=O) groups is 1. The van der Waals surface area contributed by atoms with Crippen LogP contribution in [0.15, 0.2) is 12.7 Å². The number of aryl methyl sites for hydroxylation is 1. The average Bonchev–Trinajstić information content (AvgIpc) is 2.96. The van der Waals surface area contributed by atoms with Crippen LogP contribution in [0.25, 0.3) is 0 Å². The van der Waals surface area contributed by atoms with Crippen LogP contribution in [0.2, 0.25) is 0 Å². The number of hydrogen-bond acceptors (Lipinski definition) is 4. The Labute approximate surface area is 113 Å². The number of aromatic nitrogens is 3. The van der Waals surface area contributed by atoms with Crippen molar-refractivity contribution in [3.05, 3.63) is 12.7 Å². The second kappa shape index (κ2) is 5.28. The Balaban J connectivity index is 1.43. The minimum atomic E-state index is 0.187. The molecule has 3 rings (SSSR count). The monoisotopic (exact) mass is 263 g/mol. The van der Waals surface area contributed by atoms with Gasteiger partial charge < -0.3 is 10.6 Å². The highest BCUT2D eigenvalue weighted by Crippen LogP contribution is 2.40. The smallest absolute Gasteiger partial charge is 0.222 e. The zero-order valence-electron chi connectivity index (χ0n) is 11.1. The normalized spacial score (nSPS) is 26.9. The van der Waals surface area contributed by atoms with Crippen LogP contribution in [0.5, 0.6) is 0 Å². The van der Waals surface area contributed by atoms with Crippen LogP contribution in [0.1, 0.15) is 25.7 Å². The maximum Gasteiger partial charge on any atom is 0.222 e. The quantitative estimate of drug-likeness (QED) is 0.826. The average molecular weight is 263 g/mol. The van der Waals surface area contributed by atoms with Crippen molar-refractivity contribution in [3.8, 4) is 0 Å². The number of nitrogens with two attached hydrogens (primary N) is 1. The van der Waals surface area contributed by atoms with Gasteiger partial charge in [-0.3, -0.25) is 9.48 Å². The largest absolute Gasteiger partial charge is 0.341 e. The van der Waals surface area contributed by atoms with Gasteiger partial charge in [0.25, 0.3) is 0 Å². The van der Waals surface area contributed by atoms with Gasteiger partial charge in [-0.1, -0.05) is 0 Å². The van der Waals surface area contributed by atoms with Crippen molar-refractivity contribution in [3.63, 3.8) is 0 Å². The number of hydrogen-bond donors (Lipinski definition) is 1. The molecule has 1 amide bonds. The SMILES string of the molecule is NC1CN(C(=O)CCCn2cncn2)CC1C1CC1. The Morgan fingerprint density at radius 1 is 1.37 bits per heavy atom. The van der Waals surface area contributed by atoms with Crippen LogP contribution in [0.4, 0.5) is 0 Å². The maximum atomic E-state index is 12.1. The molecular formula is C13H21N5O. The lowest BCUT2D eigenvalue weighted by atomic mass is 9.99. The number of rotatable bonds is 5. The molecular weight excluding hydrogens is 242 g/mol. The molecule has 1 saturated carbocycles. The maximum absolute atomic E-state index is 12.1. The summed E-state index contributed by atoms with van der Waals surface area (Å²) < 4.78 is 1.76. The van der Waals surface area contributed by atoms with Crippen LogP contribution < -0.4 is 5.73 Å². The predicted octanol–water partition coefficient (Wildman–Crippen LogP) is 0.254. The Morgan fingerprint density at radius 3 is 2.89 bits per heavy atom. The van der Waals surface area contributed by atoms with E-state index < -0.39 is 0 Å². The minimum Gasteiger partial charge on any atom is -0.341 e. The van der Waals surface area contributed by atoms with Gasteiger partial charge in [0.2, 0.25) is 5.91 Å². The van der Waals surface area contributed by atoms with Gasteiger partial charge in [-0.05, 0) is 31.1 Å². The molecule has 2 fully saturated rings. The first-order chi connectivity index (χ1) is 9.24. The third kappa shape index (κ3) is 2.94. The molecule has 2 atom stereocenters. The summed E-state index contributed by atoms with van der Waals surface area (Å²) in [5.41, 5.74) is 6.14. The lowest BCUT2D eigenvalue weighted by molar-refractivity contribution is -0.130. The van der Waals surface area contributed by atoms with E-state index in [2.05, 4.69) is 10.1 Å². The molecule has 1 aliphatic heterocycles. The van der Waals surface area contributed by atoms with Crippen molar-refractivity contribution in [2.24, 2.45) is 17.6 Å². The molecule has 2 unspecified atom stereocenters. The summed E-state index contributed by atoms with van der Waals surface area (Å²) in [6.07, 6.45) is 7.17. The fourth-order valence-corrected chi connectivity index (χ4v) is 2.98. The van der Waals surface area contributed by atoms with Gasteiger partial charge in [-0.15, -0.1) is 0 Å². The van der Waals surface area contributed by atoms with Crippen LogP contribution in [0, 0.1) is 11.8 Å². The molecule has 2 aliphatic rings. The van der Waals surface area contributed by atoms with Crippen molar-refractivity contribution in [2.45, 2.75) is 38.3 Å². The molecule has 0 spiro atoms. The van der Waals surface area contributed by atoms with Crippen molar-refractivity contribution in [1.82, 2.24) is 19.7 Å². The number of nitrogens with zero attached hydrogens (tertiary/aromatic N) is 4. The van der Waals surface area contributed by atoms with E-state index in [4.69, 9.17) is 5.73 Å². The molecule has 6 heteroatoms. The molecule has 0 aromatic carbocycles. The van der Waals surface area contributed by atoms with Gasteiger partial charge in [-0.25, -0.2) is 4.98 Å². The summed E-state index contributed by atoms with van der Waals surface area (Å²) in [7, 11) is 0. The zero-order valence-corrected chi connectivity index (χ0v) is 11.1. The van der Waals surface area contributed by atoms with Crippen molar-refractivity contribution in [2.75, 3.05) is 13.1 Å². The second-order valence-electron chi connectivity index (χ2n) is 5.73. The molecule has 1 aromatic rings. The van der Waals surface area contributed by atoms with Gasteiger partial charge >= 0.3 is 0 Å². The van der Waals surface area contributed by atoms with Gasteiger partial charge in [0, 0.05) is 32.1 Å². The summed E-state index contributed by atoms with van der Waals surface area (Å²) in [5.74, 6) is 1.56. The molecule has 1 aliphatic carbocycles. The molecule has 1 aromatic heterocycles. The van der Waals surface area contributed by atoms with Crippen molar-refractivity contribution < 1.29 is 4.79 Å². The lowest BCUT2D eigenvalue weighted by Gasteiger charge is -2.16. The fraction of sp³-hybridized carbons (Fsp3) is 0.769. The molecule has 0 bridgehead atoms. The van der Waals surface area contributed by atoms with Crippen LogP contribution in [0.3, 0.4) is 0 Å². The van der Waals surface area contributed by atoms with Crippen LogP contribution in [-0.4, -0.2) is 44.7 Å². The molecule has 6 nitrogen and oxygen atoms in total. The Morgan fingerprint density at radius 2 is 2.21 bits per heavy atom. The highest BCUT2D eigenvalue weighted by Gasteiger charge is 2.41. The summed E-state index contributed by atoms with van der Waals surface area (Å²) in [6.45, 7) is 2.36. The number of carbonyl (C=O) groups excluding carboxylic acids is 1. The number of amides is 1. The summed E-state index contributed by atoms with van der Waals surface area (Å²) in [5, 5.41) is 4.03. The van der Waals surface area contributed by atoms with Gasteiger partial charge in [0.05, 0.1) is 0 Å². The Kier molecular flexibility index (Phi) is 3.50. The predicted molar refractivity (Wildman–Crippen MR) is 70.0 cm³/mol. The topological polar surface area (TPSA) is 77.0 Å². The lowest BCUT2D eigenvalue weighted by Crippen LogP contribution is -2.32. The van der Waals surface area contributed by atoms with E-state index in [1.54, 1.807) is 11.0 Å². The summed E-state index contributed by atoms with van der Waals surface area (Å²) in [4.78, 5) is 18.0. The first-order valence-corrected chi connectivity index (χ1v) is 7.10. The standard InChI is InChI=1S/C13H21N5O/c14-12-7-17(6-11(12)10-3-4-10)13(19)2-1-5-18-9-15-8-16-18/h8-12H,1-7,14H2. The molecule has 104 valence electrons. The van der Waals surface area contributed by atoms with E-state index >= 15 is 0 Å². The van der Waals surface area contributed by atoms with Crippen LogP contribution >= 0.6 is 0 Å². The molecule has 2 N–H and O–H groups in total. The third-order valence-electron chi connectivity index (χ3n) is 4.24. The molecule has 19 heavy (non-hydrogen) atoms. The first-order valence-electron chi connectivity index (χ1n) is 7.10. The Bertz CT molecular complexity index is 428. The van der Waals surface area contributed by atoms with Crippen LogP contribution in [-0.2, 0) is 11.3 Å². The molecule has 0 radical (unpaired) electrons. The number of likely N-dealkylation sites (tertiary alicyclic amines) is 1. The summed E-state index contributed by atoms with van der Waals surface area (Å²) in [6, 6.07) is 0.187.